The molecule has 3 aromatic rings. The SMILES string of the molecule is O=C1c2ccccc2C(=O)N1CC/C=C/c1cc(O)cc(/C=C/CCN2C(=O)c3ccccc3C2=O)c1. The molecule has 0 atom stereocenters. The molecule has 0 aliphatic carbocycles. The number of phenols is 1. The third-order valence-corrected chi connectivity index (χ3v) is 6.38. The average molecular weight is 493 g/mol. The molecule has 0 spiro atoms. The molecule has 2 heterocycles. The van der Waals surface area contributed by atoms with Gasteiger partial charge in [-0.3, -0.25) is 29.0 Å². The maximum absolute atomic E-state index is 12.5. The highest BCUT2D eigenvalue weighted by atomic mass is 16.3. The standard InChI is InChI=1S/C30H24N2O5/c33-22-18-20(9-5-7-15-31-27(34)23-11-1-2-12-24(23)28(31)35)17-21(19-22)10-6-8-16-32-29(36)25-13-3-4-14-26(25)30(32)37/h1-6,9-14,17-19,33H,7-8,15-16H2/b9-5+,10-6+. The zero-order valence-electron chi connectivity index (χ0n) is 20.0. The quantitative estimate of drug-likeness (QED) is 0.456. The second-order valence-electron chi connectivity index (χ2n) is 8.86. The number of nitrogens with zero attached hydrogens (tertiary/aromatic N) is 2. The number of hydrogen-bond acceptors (Lipinski definition) is 5. The second-order valence-corrected chi connectivity index (χ2v) is 8.86. The first-order valence-corrected chi connectivity index (χ1v) is 12.0. The van der Waals surface area contributed by atoms with E-state index >= 15 is 0 Å². The van der Waals surface area contributed by atoms with Gasteiger partial charge in [-0.15, -0.1) is 0 Å². The first-order chi connectivity index (χ1) is 17.9. The number of hydrogen-bond donors (Lipinski definition) is 1. The van der Waals surface area contributed by atoms with E-state index in [2.05, 4.69) is 0 Å². The Morgan fingerprint density at radius 1 is 0.568 bits per heavy atom. The van der Waals surface area contributed by atoms with E-state index < -0.39 is 0 Å². The molecule has 7 heteroatoms. The van der Waals surface area contributed by atoms with Gasteiger partial charge in [0.05, 0.1) is 22.3 Å². The maximum Gasteiger partial charge on any atom is 0.261 e. The molecular weight excluding hydrogens is 468 g/mol. The van der Waals surface area contributed by atoms with Crippen LogP contribution in [0.25, 0.3) is 12.2 Å². The van der Waals surface area contributed by atoms with Crippen molar-refractivity contribution < 1.29 is 24.3 Å². The van der Waals surface area contributed by atoms with Crippen molar-refractivity contribution in [3.05, 3.63) is 112 Å². The fraction of sp³-hybridized carbons (Fsp3) is 0.133. The minimum absolute atomic E-state index is 0.0995. The Bertz CT molecular complexity index is 1310. The van der Waals surface area contributed by atoms with E-state index in [0.717, 1.165) is 11.1 Å². The summed E-state index contributed by atoms with van der Waals surface area (Å²) in [5.74, 6) is -1.01. The van der Waals surface area contributed by atoms with Crippen molar-refractivity contribution in [2.24, 2.45) is 0 Å². The number of carbonyl (C=O) groups excluding carboxylic acids is 4. The summed E-state index contributed by atoms with van der Waals surface area (Å²) in [7, 11) is 0. The summed E-state index contributed by atoms with van der Waals surface area (Å²) < 4.78 is 0. The number of fused-ring (bicyclic) bond motifs is 2. The van der Waals surface area contributed by atoms with Crippen molar-refractivity contribution in [3.8, 4) is 5.75 Å². The van der Waals surface area contributed by atoms with Crippen LogP contribution in [0.1, 0.15) is 65.4 Å². The minimum atomic E-state index is -0.278. The van der Waals surface area contributed by atoms with Crippen LogP contribution in [0, 0.1) is 0 Å². The fourth-order valence-corrected chi connectivity index (χ4v) is 4.58. The molecule has 3 aromatic carbocycles. The van der Waals surface area contributed by atoms with Crippen molar-refractivity contribution in [1.29, 1.82) is 0 Å². The molecular formula is C30H24N2O5. The smallest absolute Gasteiger partial charge is 0.261 e. The van der Waals surface area contributed by atoms with Gasteiger partial charge in [0, 0.05) is 13.1 Å². The van der Waals surface area contributed by atoms with Gasteiger partial charge in [-0.2, -0.15) is 0 Å². The summed E-state index contributed by atoms with van der Waals surface area (Å²) in [5.41, 5.74) is 3.27. The van der Waals surface area contributed by atoms with E-state index in [0.29, 0.717) is 35.1 Å². The van der Waals surface area contributed by atoms with Crippen LogP contribution in [0.15, 0.2) is 78.9 Å². The molecule has 0 saturated carbocycles. The van der Waals surface area contributed by atoms with E-state index in [1.807, 2.05) is 30.4 Å². The molecule has 0 radical (unpaired) electrons. The predicted molar refractivity (Wildman–Crippen MR) is 139 cm³/mol. The second kappa shape index (κ2) is 10.1. The number of phenolic OH excluding ortho intramolecular Hbond substituents is 1. The molecule has 184 valence electrons. The summed E-state index contributed by atoms with van der Waals surface area (Å²) in [4.78, 5) is 52.4. The van der Waals surface area contributed by atoms with E-state index in [1.54, 1.807) is 60.7 Å². The molecule has 7 nitrogen and oxygen atoms in total. The van der Waals surface area contributed by atoms with Crippen molar-refractivity contribution >= 4 is 35.8 Å². The normalized spacial score (nSPS) is 14.9. The van der Waals surface area contributed by atoms with Gasteiger partial charge in [0.25, 0.3) is 23.6 Å². The highest BCUT2D eigenvalue weighted by Gasteiger charge is 2.35. The van der Waals surface area contributed by atoms with Crippen LogP contribution in [0.4, 0.5) is 0 Å². The predicted octanol–water partition coefficient (Wildman–Crippen LogP) is 4.79. The monoisotopic (exact) mass is 492 g/mol. The lowest BCUT2D eigenvalue weighted by Gasteiger charge is -2.12. The van der Waals surface area contributed by atoms with Gasteiger partial charge < -0.3 is 5.11 Å². The van der Waals surface area contributed by atoms with Gasteiger partial charge in [0.15, 0.2) is 0 Å². The van der Waals surface area contributed by atoms with E-state index in [9.17, 15) is 24.3 Å². The molecule has 0 aromatic heterocycles. The Morgan fingerprint density at radius 2 is 0.919 bits per heavy atom. The first-order valence-electron chi connectivity index (χ1n) is 12.0. The van der Waals surface area contributed by atoms with Crippen LogP contribution in [-0.4, -0.2) is 51.6 Å². The molecule has 2 aliphatic rings. The number of carbonyl (C=O) groups is 4. The van der Waals surface area contributed by atoms with Crippen LogP contribution in [0.2, 0.25) is 0 Å². The molecule has 1 N–H and O–H groups in total. The molecule has 4 amide bonds. The topological polar surface area (TPSA) is 95.0 Å². The summed E-state index contributed by atoms with van der Waals surface area (Å²) in [6.45, 7) is 0.540. The van der Waals surface area contributed by atoms with Crippen LogP contribution in [0.3, 0.4) is 0 Å². The lowest BCUT2D eigenvalue weighted by atomic mass is 10.1. The third kappa shape index (κ3) is 4.71. The van der Waals surface area contributed by atoms with Crippen LogP contribution in [0.5, 0.6) is 5.75 Å². The first kappa shape index (κ1) is 23.9. The lowest BCUT2D eigenvalue weighted by molar-refractivity contribution is 0.0641. The van der Waals surface area contributed by atoms with Gasteiger partial charge >= 0.3 is 0 Å². The zero-order valence-corrected chi connectivity index (χ0v) is 20.0. The summed E-state index contributed by atoms with van der Waals surface area (Å²) in [6.07, 6.45) is 8.32. The number of aromatic hydroxyl groups is 1. The Balaban J connectivity index is 1.16. The average Bonchev–Trinajstić information content (AvgIpc) is 3.29. The minimum Gasteiger partial charge on any atom is -0.508 e. The molecule has 0 fully saturated rings. The maximum atomic E-state index is 12.5. The van der Waals surface area contributed by atoms with E-state index in [-0.39, 0.29) is 42.5 Å². The highest BCUT2D eigenvalue weighted by molar-refractivity contribution is 6.22. The van der Waals surface area contributed by atoms with Gasteiger partial charge in [-0.1, -0.05) is 48.6 Å². The molecule has 5 rings (SSSR count). The van der Waals surface area contributed by atoms with Gasteiger partial charge in [-0.25, -0.2) is 0 Å². The van der Waals surface area contributed by atoms with Crippen molar-refractivity contribution in [1.82, 2.24) is 9.80 Å². The van der Waals surface area contributed by atoms with E-state index in [4.69, 9.17) is 0 Å². The molecule has 0 saturated heterocycles. The summed E-state index contributed by atoms with van der Waals surface area (Å²) in [6, 6.07) is 18.7. The van der Waals surface area contributed by atoms with Gasteiger partial charge in [0.1, 0.15) is 5.75 Å². The van der Waals surface area contributed by atoms with Crippen molar-refractivity contribution in [2.45, 2.75) is 12.8 Å². The van der Waals surface area contributed by atoms with E-state index in [1.165, 1.54) is 9.80 Å². The summed E-state index contributed by atoms with van der Waals surface area (Å²) in [5, 5.41) is 10.1. The number of imide groups is 2. The molecule has 37 heavy (non-hydrogen) atoms. The van der Waals surface area contributed by atoms with Gasteiger partial charge in [-0.05, 0) is 66.4 Å². The molecule has 0 unspecified atom stereocenters. The Hall–Kier alpha value is -4.78. The largest absolute Gasteiger partial charge is 0.508 e. The Labute approximate surface area is 213 Å². The molecule has 2 aliphatic heterocycles. The lowest BCUT2D eigenvalue weighted by Crippen LogP contribution is -2.30. The number of rotatable bonds is 8. The Morgan fingerprint density at radius 3 is 1.27 bits per heavy atom. The number of amides is 4. The van der Waals surface area contributed by atoms with Crippen molar-refractivity contribution in [2.75, 3.05) is 13.1 Å². The fourth-order valence-electron chi connectivity index (χ4n) is 4.58. The van der Waals surface area contributed by atoms with Crippen LogP contribution < -0.4 is 0 Å². The number of benzene rings is 3. The zero-order chi connectivity index (χ0) is 25.9. The van der Waals surface area contributed by atoms with Crippen LogP contribution >= 0.6 is 0 Å². The summed E-state index contributed by atoms with van der Waals surface area (Å²) >= 11 is 0. The van der Waals surface area contributed by atoms with Crippen molar-refractivity contribution in [3.63, 3.8) is 0 Å². The highest BCUT2D eigenvalue weighted by Crippen LogP contribution is 2.24. The third-order valence-electron chi connectivity index (χ3n) is 6.38. The molecule has 0 bridgehead atoms. The van der Waals surface area contributed by atoms with Gasteiger partial charge in [0.2, 0.25) is 0 Å². The van der Waals surface area contributed by atoms with Crippen LogP contribution in [-0.2, 0) is 0 Å². The Kier molecular flexibility index (Phi) is 6.51.